The number of likely N-dealkylation sites (N-methyl/N-ethyl adjacent to an activating group) is 1. The average Bonchev–Trinajstić information content (AvgIpc) is 2.65. The number of nitrogens with one attached hydrogen (secondary N) is 1. The first-order valence-electron chi connectivity index (χ1n) is 5.01. The van der Waals surface area contributed by atoms with Crippen molar-refractivity contribution in [1.29, 1.82) is 0 Å². The molecule has 0 radical (unpaired) electrons. The average molecular weight is 209 g/mol. The fraction of sp³-hybridized carbons (Fsp3) is 0.667. The highest BCUT2D eigenvalue weighted by atomic mass is 16.2. The Kier molecular flexibility index (Phi) is 2.68. The van der Waals surface area contributed by atoms with Gasteiger partial charge in [-0.25, -0.2) is 9.67 Å². The van der Waals surface area contributed by atoms with Crippen LogP contribution in [0.15, 0.2) is 12.7 Å². The highest BCUT2D eigenvalue weighted by Gasteiger charge is 2.28. The number of carbonyl (C=O) groups excluding carboxylic acids is 1. The normalized spacial score (nSPS) is 18.3. The van der Waals surface area contributed by atoms with E-state index in [9.17, 15) is 4.79 Å². The third-order valence-electron chi connectivity index (χ3n) is 2.85. The van der Waals surface area contributed by atoms with Gasteiger partial charge in [0.2, 0.25) is 5.91 Å². The second-order valence-corrected chi connectivity index (χ2v) is 3.81. The van der Waals surface area contributed by atoms with Crippen LogP contribution in [0.5, 0.6) is 0 Å². The maximum Gasteiger partial charge on any atom is 0.247 e. The zero-order chi connectivity index (χ0) is 10.8. The highest BCUT2D eigenvalue weighted by molar-refractivity contribution is 5.80. The number of nitrogens with zero attached hydrogens (tertiary/aromatic N) is 4. The lowest BCUT2D eigenvalue weighted by Crippen LogP contribution is -2.58. The summed E-state index contributed by atoms with van der Waals surface area (Å²) in [5, 5.41) is 7.11. The van der Waals surface area contributed by atoms with E-state index >= 15 is 0 Å². The standard InChI is InChI=1S/C9H15N5O/c1-7(14-6-11-5-12-14)9(15)13(2)8-3-10-4-8/h5-8,10H,3-4H2,1-2H3. The Labute approximate surface area is 88.3 Å². The molecule has 1 N–H and O–H groups in total. The first kappa shape index (κ1) is 10.1. The van der Waals surface area contributed by atoms with Gasteiger partial charge in [-0.1, -0.05) is 0 Å². The van der Waals surface area contributed by atoms with Crippen LogP contribution < -0.4 is 5.32 Å². The molecule has 2 rings (SSSR count). The lowest BCUT2D eigenvalue weighted by Gasteiger charge is -2.36. The molecule has 1 unspecified atom stereocenters. The molecule has 2 heterocycles. The predicted molar refractivity (Wildman–Crippen MR) is 54.2 cm³/mol. The number of hydrogen-bond acceptors (Lipinski definition) is 4. The summed E-state index contributed by atoms with van der Waals surface area (Å²) >= 11 is 0. The van der Waals surface area contributed by atoms with Crippen molar-refractivity contribution in [3.05, 3.63) is 12.7 Å². The van der Waals surface area contributed by atoms with Crippen molar-refractivity contribution in [2.45, 2.75) is 19.0 Å². The third kappa shape index (κ3) is 1.85. The number of hydrogen-bond donors (Lipinski definition) is 1. The molecule has 1 aliphatic rings. The second-order valence-electron chi connectivity index (χ2n) is 3.81. The highest BCUT2D eigenvalue weighted by Crippen LogP contribution is 2.11. The minimum atomic E-state index is -0.280. The molecule has 1 aromatic rings. The zero-order valence-corrected chi connectivity index (χ0v) is 8.92. The second kappa shape index (κ2) is 3.98. The molecule has 0 spiro atoms. The van der Waals surface area contributed by atoms with E-state index in [0.29, 0.717) is 6.04 Å². The van der Waals surface area contributed by atoms with Crippen molar-refractivity contribution in [2.24, 2.45) is 0 Å². The Morgan fingerprint density at radius 2 is 2.40 bits per heavy atom. The molecule has 0 bridgehead atoms. The lowest BCUT2D eigenvalue weighted by atomic mass is 10.1. The SMILES string of the molecule is CC(C(=O)N(C)C1CNC1)n1cncn1. The van der Waals surface area contributed by atoms with Gasteiger partial charge in [0.1, 0.15) is 18.7 Å². The number of carbonyl (C=O) groups is 1. The Bertz CT molecular complexity index is 332. The van der Waals surface area contributed by atoms with Crippen molar-refractivity contribution in [1.82, 2.24) is 25.0 Å². The van der Waals surface area contributed by atoms with Gasteiger partial charge in [0.15, 0.2) is 0 Å². The molecule has 1 aliphatic heterocycles. The Morgan fingerprint density at radius 1 is 1.67 bits per heavy atom. The van der Waals surface area contributed by atoms with Crippen LogP contribution >= 0.6 is 0 Å². The molecule has 6 heteroatoms. The maximum absolute atomic E-state index is 12.0. The summed E-state index contributed by atoms with van der Waals surface area (Å²) in [6.07, 6.45) is 3.00. The molecule has 0 saturated carbocycles. The largest absolute Gasteiger partial charge is 0.338 e. The molecule has 0 aromatic carbocycles. The van der Waals surface area contributed by atoms with Crippen molar-refractivity contribution in [3.8, 4) is 0 Å². The molecule has 1 saturated heterocycles. The van der Waals surface area contributed by atoms with Gasteiger partial charge in [0, 0.05) is 20.1 Å². The van der Waals surface area contributed by atoms with Crippen molar-refractivity contribution < 1.29 is 4.79 Å². The summed E-state index contributed by atoms with van der Waals surface area (Å²) in [6, 6.07) is 0.0431. The summed E-state index contributed by atoms with van der Waals surface area (Å²) in [6.45, 7) is 3.60. The fourth-order valence-corrected chi connectivity index (χ4v) is 1.55. The van der Waals surface area contributed by atoms with Crippen molar-refractivity contribution in [3.63, 3.8) is 0 Å². The summed E-state index contributed by atoms with van der Waals surface area (Å²) in [5.74, 6) is 0.0759. The smallest absolute Gasteiger partial charge is 0.247 e. The van der Waals surface area contributed by atoms with Crippen LogP contribution in [0.4, 0.5) is 0 Å². The summed E-state index contributed by atoms with van der Waals surface area (Å²) in [7, 11) is 1.83. The van der Waals surface area contributed by atoms with E-state index in [4.69, 9.17) is 0 Å². The van der Waals surface area contributed by atoms with Gasteiger partial charge in [-0.2, -0.15) is 5.10 Å². The molecular formula is C9H15N5O. The molecule has 1 aromatic heterocycles. The van der Waals surface area contributed by atoms with Gasteiger partial charge in [-0.3, -0.25) is 4.79 Å². The Balaban J connectivity index is 2.00. The predicted octanol–water partition coefficient (Wildman–Crippen LogP) is -0.731. The van der Waals surface area contributed by atoms with E-state index in [0.717, 1.165) is 13.1 Å². The van der Waals surface area contributed by atoms with Gasteiger partial charge >= 0.3 is 0 Å². The number of aromatic nitrogens is 3. The molecule has 82 valence electrons. The first-order chi connectivity index (χ1) is 7.20. The van der Waals surface area contributed by atoms with Crippen LogP contribution in [-0.4, -0.2) is 51.8 Å². The Morgan fingerprint density at radius 3 is 2.87 bits per heavy atom. The first-order valence-corrected chi connectivity index (χ1v) is 5.01. The topological polar surface area (TPSA) is 63.1 Å². The van der Waals surface area contributed by atoms with Gasteiger partial charge in [-0.05, 0) is 6.92 Å². The monoisotopic (exact) mass is 209 g/mol. The molecule has 1 fully saturated rings. The molecule has 0 aliphatic carbocycles. The van der Waals surface area contributed by atoms with Crippen LogP contribution in [0.2, 0.25) is 0 Å². The molecule has 6 nitrogen and oxygen atoms in total. The van der Waals surface area contributed by atoms with Gasteiger partial charge in [-0.15, -0.1) is 0 Å². The summed E-state index contributed by atoms with van der Waals surface area (Å²) < 4.78 is 1.57. The van der Waals surface area contributed by atoms with E-state index in [1.165, 1.54) is 6.33 Å². The van der Waals surface area contributed by atoms with Gasteiger partial charge < -0.3 is 10.2 Å². The zero-order valence-electron chi connectivity index (χ0n) is 8.92. The minimum Gasteiger partial charge on any atom is -0.338 e. The molecule has 1 atom stereocenters. The third-order valence-corrected chi connectivity index (χ3v) is 2.85. The Hall–Kier alpha value is -1.43. The van der Waals surface area contributed by atoms with E-state index in [-0.39, 0.29) is 11.9 Å². The van der Waals surface area contributed by atoms with Gasteiger partial charge in [0.25, 0.3) is 0 Å². The van der Waals surface area contributed by atoms with E-state index < -0.39 is 0 Å². The van der Waals surface area contributed by atoms with Crippen LogP contribution in [0.3, 0.4) is 0 Å². The fourth-order valence-electron chi connectivity index (χ4n) is 1.55. The molecular weight excluding hydrogens is 194 g/mol. The van der Waals surface area contributed by atoms with Crippen molar-refractivity contribution >= 4 is 5.91 Å². The van der Waals surface area contributed by atoms with Crippen LogP contribution in [0, 0.1) is 0 Å². The number of amides is 1. The summed E-state index contributed by atoms with van der Waals surface area (Å²) in [4.78, 5) is 17.6. The quantitative estimate of drug-likeness (QED) is 0.713. The van der Waals surface area contributed by atoms with E-state index in [2.05, 4.69) is 15.4 Å². The van der Waals surface area contributed by atoms with Crippen LogP contribution in [0.25, 0.3) is 0 Å². The number of rotatable bonds is 3. The van der Waals surface area contributed by atoms with Gasteiger partial charge in [0.05, 0.1) is 6.04 Å². The van der Waals surface area contributed by atoms with Crippen molar-refractivity contribution in [2.75, 3.05) is 20.1 Å². The lowest BCUT2D eigenvalue weighted by molar-refractivity contribution is -0.136. The maximum atomic E-state index is 12.0. The molecule has 1 amide bonds. The minimum absolute atomic E-state index is 0.0759. The summed E-state index contributed by atoms with van der Waals surface area (Å²) in [5.41, 5.74) is 0. The van der Waals surface area contributed by atoms with Crippen LogP contribution in [0.1, 0.15) is 13.0 Å². The van der Waals surface area contributed by atoms with Crippen LogP contribution in [-0.2, 0) is 4.79 Å². The molecule has 15 heavy (non-hydrogen) atoms. The van der Waals surface area contributed by atoms with E-state index in [1.54, 1.807) is 15.9 Å². The van der Waals surface area contributed by atoms with E-state index in [1.807, 2.05) is 14.0 Å².